The molecule has 0 heterocycles. The maximum absolute atomic E-state index is 12.6. The summed E-state index contributed by atoms with van der Waals surface area (Å²) in [5, 5.41) is 11.5. The molecule has 0 aromatic rings. The molecule has 47 heavy (non-hydrogen) atoms. The largest absolute Gasteiger partial charge is 0.544 e. The van der Waals surface area contributed by atoms with Crippen LogP contribution in [0.3, 0.4) is 0 Å². The Morgan fingerprint density at radius 1 is 0.660 bits per heavy atom. The quantitative estimate of drug-likeness (QED) is 0.0248. The van der Waals surface area contributed by atoms with Crippen molar-refractivity contribution in [2.24, 2.45) is 0 Å². The van der Waals surface area contributed by atoms with Gasteiger partial charge in [-0.1, -0.05) is 107 Å². The average molecular weight is 662 g/mol. The first-order chi connectivity index (χ1) is 22.6. The van der Waals surface area contributed by atoms with Crippen molar-refractivity contribution in [1.82, 2.24) is 0 Å². The molecule has 0 aromatic carbocycles. The molecule has 0 bridgehead atoms. The number of carboxylic acids is 1. The molecular weight excluding hydrogens is 594 g/mol. The third-order valence-corrected chi connectivity index (χ3v) is 7.76. The molecule has 2 atom stereocenters. The van der Waals surface area contributed by atoms with E-state index in [1.165, 1.54) is 12.8 Å². The molecule has 2 unspecified atom stereocenters. The molecule has 0 aliphatic rings. The van der Waals surface area contributed by atoms with Crippen LogP contribution in [0.2, 0.25) is 0 Å². The van der Waals surface area contributed by atoms with Crippen LogP contribution >= 0.6 is 0 Å². The number of nitrogens with zero attached hydrogens (tertiary/aromatic N) is 1. The molecule has 0 aliphatic heterocycles. The number of carbonyl (C=O) groups is 3. The van der Waals surface area contributed by atoms with E-state index in [1.54, 1.807) is 21.1 Å². The number of rotatable bonds is 31. The highest BCUT2D eigenvalue weighted by Gasteiger charge is 2.25. The minimum absolute atomic E-state index is 0.0278. The Balaban J connectivity index is 4.50. The Hall–Kier alpha value is -2.71. The van der Waals surface area contributed by atoms with E-state index >= 15 is 0 Å². The second kappa shape index (κ2) is 30.6. The lowest BCUT2D eigenvalue weighted by molar-refractivity contribution is -0.889. The summed E-state index contributed by atoms with van der Waals surface area (Å²) in [6, 6.07) is -0.729. The SMILES string of the molecule is CC/C=C/C=C/C=C/CCCCCCCC(=O)OCC(COCCC(C(=O)[O-])[N+](C)(C)C)OC(=O)CCCCCC/C=C/CCCC. The number of aliphatic carboxylic acids is 1. The van der Waals surface area contributed by atoms with E-state index in [9.17, 15) is 19.5 Å². The lowest BCUT2D eigenvalue weighted by atomic mass is 10.1. The first-order valence-corrected chi connectivity index (χ1v) is 18.2. The van der Waals surface area contributed by atoms with Crippen LogP contribution in [-0.2, 0) is 28.6 Å². The van der Waals surface area contributed by atoms with E-state index in [-0.39, 0.29) is 42.7 Å². The predicted molar refractivity (Wildman–Crippen MR) is 189 cm³/mol. The highest BCUT2D eigenvalue weighted by molar-refractivity contribution is 5.70. The molecule has 270 valence electrons. The second-order valence-electron chi connectivity index (χ2n) is 13.1. The van der Waals surface area contributed by atoms with Gasteiger partial charge in [-0.2, -0.15) is 0 Å². The summed E-state index contributed by atoms with van der Waals surface area (Å²) in [6.07, 6.45) is 32.8. The van der Waals surface area contributed by atoms with Crippen LogP contribution in [-0.4, -0.2) is 75.5 Å². The number of carboxylic acid groups (broad SMARTS) is 1. The molecule has 8 heteroatoms. The molecule has 0 spiro atoms. The van der Waals surface area contributed by atoms with Crippen LogP contribution in [0.25, 0.3) is 0 Å². The van der Waals surface area contributed by atoms with E-state index in [4.69, 9.17) is 14.2 Å². The van der Waals surface area contributed by atoms with Gasteiger partial charge in [-0.25, -0.2) is 0 Å². The van der Waals surface area contributed by atoms with E-state index in [2.05, 4.69) is 50.3 Å². The zero-order valence-corrected chi connectivity index (χ0v) is 30.4. The number of quaternary nitrogens is 1. The van der Waals surface area contributed by atoms with Gasteiger partial charge in [0, 0.05) is 19.3 Å². The first kappa shape index (κ1) is 44.3. The van der Waals surface area contributed by atoms with Gasteiger partial charge in [0.2, 0.25) is 0 Å². The Morgan fingerprint density at radius 2 is 1.21 bits per heavy atom. The summed E-state index contributed by atoms with van der Waals surface area (Å²) < 4.78 is 17.0. The molecular formula is C39H67NO7. The van der Waals surface area contributed by atoms with Crippen molar-refractivity contribution in [2.75, 3.05) is 41.0 Å². The molecule has 0 aromatic heterocycles. The highest BCUT2D eigenvalue weighted by atomic mass is 16.6. The Bertz CT molecular complexity index is 917. The van der Waals surface area contributed by atoms with Gasteiger partial charge in [0.15, 0.2) is 6.10 Å². The molecule has 0 saturated carbocycles. The van der Waals surface area contributed by atoms with Crippen LogP contribution in [0.1, 0.15) is 129 Å². The van der Waals surface area contributed by atoms with Crippen LogP contribution < -0.4 is 5.11 Å². The second-order valence-corrected chi connectivity index (χ2v) is 13.1. The molecule has 0 saturated heterocycles. The topological polar surface area (TPSA) is 102 Å². The maximum Gasteiger partial charge on any atom is 0.306 e. The lowest BCUT2D eigenvalue weighted by Gasteiger charge is -2.34. The van der Waals surface area contributed by atoms with Gasteiger partial charge in [-0.15, -0.1) is 0 Å². The zero-order valence-electron chi connectivity index (χ0n) is 30.4. The number of carbonyl (C=O) groups excluding carboxylic acids is 3. The number of hydrogen-bond acceptors (Lipinski definition) is 7. The normalized spacial score (nSPS) is 13.6. The van der Waals surface area contributed by atoms with Gasteiger partial charge in [-0.3, -0.25) is 9.59 Å². The fourth-order valence-corrected chi connectivity index (χ4v) is 4.87. The van der Waals surface area contributed by atoms with Gasteiger partial charge in [-0.05, 0) is 51.4 Å². The van der Waals surface area contributed by atoms with Crippen LogP contribution in [0.4, 0.5) is 0 Å². The summed E-state index contributed by atoms with van der Waals surface area (Å²) in [4.78, 5) is 36.5. The number of allylic oxidation sites excluding steroid dienone is 8. The minimum Gasteiger partial charge on any atom is -0.544 e. The molecule has 0 radical (unpaired) electrons. The van der Waals surface area contributed by atoms with E-state index < -0.39 is 18.1 Å². The maximum atomic E-state index is 12.6. The monoisotopic (exact) mass is 661 g/mol. The third kappa shape index (κ3) is 29.2. The van der Waals surface area contributed by atoms with Crippen molar-refractivity contribution >= 4 is 17.9 Å². The van der Waals surface area contributed by atoms with Gasteiger partial charge < -0.3 is 28.6 Å². The van der Waals surface area contributed by atoms with Crippen molar-refractivity contribution < 1.29 is 38.2 Å². The van der Waals surface area contributed by atoms with Crippen molar-refractivity contribution in [3.8, 4) is 0 Å². The molecule has 0 fully saturated rings. The lowest BCUT2D eigenvalue weighted by Crippen LogP contribution is -2.55. The predicted octanol–water partition coefficient (Wildman–Crippen LogP) is 7.57. The fraction of sp³-hybridized carbons (Fsp3) is 0.718. The van der Waals surface area contributed by atoms with Gasteiger partial charge in [0.25, 0.3) is 0 Å². The summed E-state index contributed by atoms with van der Waals surface area (Å²) in [5.74, 6) is -1.79. The standard InChI is InChI=1S/C39H67NO7/c1-6-8-10-12-14-16-18-19-20-22-23-25-27-29-37(41)46-34-35(33-45-32-31-36(39(43)44)40(3,4)5)47-38(42)30-28-26-24-21-17-15-13-11-9-7-2/h8,10,12-16,18,35-36H,6-7,9,11,17,19-34H2,1-5H3/b10-8+,14-12+,15-13+,18-16+. The van der Waals surface area contributed by atoms with Crippen molar-refractivity contribution in [3.05, 3.63) is 48.6 Å². The number of likely N-dealkylation sites (N-methyl/N-ethyl adjacent to an activating group) is 1. The number of unbranched alkanes of at least 4 members (excludes halogenated alkanes) is 11. The van der Waals surface area contributed by atoms with Crippen molar-refractivity contribution in [2.45, 2.75) is 142 Å². The van der Waals surface area contributed by atoms with Gasteiger partial charge in [0.1, 0.15) is 12.6 Å². The third-order valence-electron chi connectivity index (χ3n) is 7.76. The molecule has 0 aliphatic carbocycles. The highest BCUT2D eigenvalue weighted by Crippen LogP contribution is 2.12. The smallest absolute Gasteiger partial charge is 0.306 e. The average Bonchev–Trinajstić information content (AvgIpc) is 3.01. The summed E-state index contributed by atoms with van der Waals surface area (Å²) in [6.45, 7) is 4.42. The number of esters is 2. The van der Waals surface area contributed by atoms with E-state index in [0.717, 1.165) is 83.5 Å². The molecule has 0 rings (SSSR count). The fourth-order valence-electron chi connectivity index (χ4n) is 4.87. The Morgan fingerprint density at radius 3 is 1.81 bits per heavy atom. The van der Waals surface area contributed by atoms with Crippen LogP contribution in [0, 0.1) is 0 Å². The Kier molecular flexibility index (Phi) is 28.8. The first-order valence-electron chi connectivity index (χ1n) is 18.2. The minimum atomic E-state index is -1.13. The van der Waals surface area contributed by atoms with Gasteiger partial charge in [0.05, 0.1) is 40.3 Å². The van der Waals surface area contributed by atoms with E-state index in [1.807, 2.05) is 12.2 Å². The zero-order chi connectivity index (χ0) is 35.0. The van der Waals surface area contributed by atoms with E-state index in [0.29, 0.717) is 12.8 Å². The van der Waals surface area contributed by atoms with Gasteiger partial charge >= 0.3 is 11.9 Å². The van der Waals surface area contributed by atoms with Crippen LogP contribution in [0.5, 0.6) is 0 Å². The molecule has 0 amide bonds. The van der Waals surface area contributed by atoms with Crippen molar-refractivity contribution in [3.63, 3.8) is 0 Å². The Labute approximate surface area is 286 Å². The van der Waals surface area contributed by atoms with Crippen molar-refractivity contribution in [1.29, 1.82) is 0 Å². The summed E-state index contributed by atoms with van der Waals surface area (Å²) in [7, 11) is 5.37. The number of ether oxygens (including phenoxy) is 3. The molecule has 0 N–H and O–H groups in total. The number of hydrogen-bond donors (Lipinski definition) is 0. The summed E-state index contributed by atoms with van der Waals surface area (Å²) in [5.41, 5.74) is 0. The van der Waals surface area contributed by atoms with Crippen LogP contribution in [0.15, 0.2) is 48.6 Å². The summed E-state index contributed by atoms with van der Waals surface area (Å²) >= 11 is 0. The molecule has 8 nitrogen and oxygen atoms in total.